The van der Waals surface area contributed by atoms with E-state index >= 15 is 0 Å². The number of nitrogens with one attached hydrogen (secondary N) is 1. The van der Waals surface area contributed by atoms with Crippen molar-refractivity contribution in [1.29, 1.82) is 0 Å². The van der Waals surface area contributed by atoms with E-state index < -0.39 is 5.54 Å². The molecule has 4 rings (SSSR count). The summed E-state index contributed by atoms with van der Waals surface area (Å²) in [5, 5.41) is 2.78. The Balaban J connectivity index is 1.87. The average molecular weight is 326 g/mol. The SMILES string of the molecule is COc1ccc(N2C(=O)SCC23C(=O)Nc2ccccc23)cc1. The Labute approximate surface area is 137 Å². The highest BCUT2D eigenvalue weighted by Crippen LogP contribution is 2.50. The van der Waals surface area contributed by atoms with Gasteiger partial charge in [-0.1, -0.05) is 30.0 Å². The molecule has 2 aromatic carbocycles. The second-order valence-corrected chi connectivity index (χ2v) is 6.37. The molecule has 2 aromatic rings. The van der Waals surface area contributed by atoms with Crippen LogP contribution in [0.2, 0.25) is 0 Å². The van der Waals surface area contributed by atoms with Gasteiger partial charge in [0.25, 0.3) is 11.1 Å². The molecule has 1 unspecified atom stereocenters. The number of fused-ring (bicyclic) bond motifs is 2. The summed E-state index contributed by atoms with van der Waals surface area (Å²) >= 11 is 1.17. The van der Waals surface area contributed by atoms with Gasteiger partial charge in [0, 0.05) is 22.7 Å². The molecule has 1 saturated heterocycles. The number of amides is 2. The van der Waals surface area contributed by atoms with Gasteiger partial charge in [-0.15, -0.1) is 0 Å². The number of hydrogen-bond donors (Lipinski definition) is 1. The summed E-state index contributed by atoms with van der Waals surface area (Å²) in [5.74, 6) is 0.951. The first kappa shape index (κ1) is 14.1. The molecule has 1 fully saturated rings. The Morgan fingerprint density at radius 3 is 2.61 bits per heavy atom. The second kappa shape index (κ2) is 5.03. The van der Waals surface area contributed by atoms with Gasteiger partial charge in [0.15, 0.2) is 5.54 Å². The van der Waals surface area contributed by atoms with Crippen molar-refractivity contribution in [3.8, 4) is 5.75 Å². The zero-order valence-electron chi connectivity index (χ0n) is 12.4. The van der Waals surface area contributed by atoms with Crippen LogP contribution in [0, 0.1) is 0 Å². The number of rotatable bonds is 2. The topological polar surface area (TPSA) is 58.6 Å². The van der Waals surface area contributed by atoms with Crippen LogP contribution in [0.3, 0.4) is 0 Å². The minimum atomic E-state index is -0.979. The van der Waals surface area contributed by atoms with Gasteiger partial charge >= 0.3 is 0 Å². The van der Waals surface area contributed by atoms with Gasteiger partial charge in [-0.2, -0.15) is 0 Å². The maximum Gasteiger partial charge on any atom is 0.287 e. The third kappa shape index (κ3) is 1.88. The molecular formula is C17H14N2O3S. The fourth-order valence-corrected chi connectivity index (χ4v) is 4.31. The summed E-state index contributed by atoms with van der Waals surface area (Å²) in [7, 11) is 1.59. The van der Waals surface area contributed by atoms with Crippen LogP contribution < -0.4 is 15.0 Å². The standard InChI is InChI=1S/C17H14N2O3S/c1-22-12-8-6-11(7-9-12)19-16(21)23-10-17(19)13-4-2-3-5-14(13)18-15(17)20/h2-9H,10H2,1H3,(H,18,20). The number of carbonyl (C=O) groups excluding carboxylic acids is 2. The summed E-state index contributed by atoms with van der Waals surface area (Å²) in [6.45, 7) is 0. The van der Waals surface area contributed by atoms with E-state index in [1.54, 1.807) is 36.3 Å². The van der Waals surface area contributed by atoms with Crippen molar-refractivity contribution in [3.63, 3.8) is 0 Å². The Morgan fingerprint density at radius 1 is 1.13 bits per heavy atom. The predicted octanol–water partition coefficient (Wildman–Crippen LogP) is 3.22. The normalized spacial score (nSPS) is 22.4. The van der Waals surface area contributed by atoms with E-state index in [4.69, 9.17) is 4.74 Å². The first-order chi connectivity index (χ1) is 11.2. The minimum absolute atomic E-state index is 0.123. The van der Waals surface area contributed by atoms with Gasteiger partial charge < -0.3 is 10.1 Å². The molecule has 2 aliphatic rings. The van der Waals surface area contributed by atoms with Gasteiger partial charge in [-0.05, 0) is 30.3 Å². The highest BCUT2D eigenvalue weighted by atomic mass is 32.2. The Hall–Kier alpha value is -2.47. The quantitative estimate of drug-likeness (QED) is 0.920. The molecule has 2 heterocycles. The van der Waals surface area contributed by atoms with E-state index in [0.717, 1.165) is 11.3 Å². The minimum Gasteiger partial charge on any atom is -0.497 e. The van der Waals surface area contributed by atoms with E-state index in [1.807, 2.05) is 24.3 Å². The molecule has 0 radical (unpaired) electrons. The molecule has 0 bridgehead atoms. The third-order valence-electron chi connectivity index (χ3n) is 4.30. The van der Waals surface area contributed by atoms with Crippen LogP contribution in [-0.2, 0) is 10.3 Å². The van der Waals surface area contributed by atoms with Gasteiger partial charge in [-0.25, -0.2) is 0 Å². The predicted molar refractivity (Wildman–Crippen MR) is 90.1 cm³/mol. The summed E-state index contributed by atoms with van der Waals surface area (Å²) < 4.78 is 5.17. The molecule has 0 aromatic heterocycles. The van der Waals surface area contributed by atoms with Crippen LogP contribution >= 0.6 is 11.8 Å². The summed E-state index contributed by atoms with van der Waals surface area (Å²) in [6, 6.07) is 14.7. The van der Waals surface area contributed by atoms with Crippen molar-refractivity contribution < 1.29 is 14.3 Å². The molecule has 5 nitrogen and oxygen atoms in total. The van der Waals surface area contributed by atoms with Crippen molar-refractivity contribution in [1.82, 2.24) is 0 Å². The van der Waals surface area contributed by atoms with Crippen molar-refractivity contribution in [2.75, 3.05) is 23.1 Å². The number of carbonyl (C=O) groups is 2. The lowest BCUT2D eigenvalue weighted by molar-refractivity contribution is -0.119. The smallest absolute Gasteiger partial charge is 0.287 e. The van der Waals surface area contributed by atoms with Crippen molar-refractivity contribution in [2.24, 2.45) is 0 Å². The fraction of sp³-hybridized carbons (Fsp3) is 0.176. The second-order valence-electron chi connectivity index (χ2n) is 5.45. The van der Waals surface area contributed by atoms with E-state index in [0.29, 0.717) is 17.2 Å². The van der Waals surface area contributed by atoms with E-state index in [1.165, 1.54) is 11.8 Å². The number of para-hydroxylation sites is 1. The van der Waals surface area contributed by atoms with Gasteiger partial charge in [0.1, 0.15) is 5.75 Å². The lowest BCUT2D eigenvalue weighted by atomic mass is 9.91. The summed E-state index contributed by atoms with van der Waals surface area (Å²) in [5.41, 5.74) is 1.32. The van der Waals surface area contributed by atoms with Crippen molar-refractivity contribution >= 4 is 34.3 Å². The molecule has 6 heteroatoms. The molecule has 2 aliphatic heterocycles. The zero-order valence-corrected chi connectivity index (χ0v) is 13.2. The zero-order chi connectivity index (χ0) is 16.0. The summed E-state index contributed by atoms with van der Waals surface area (Å²) in [6.07, 6.45) is 0. The molecule has 116 valence electrons. The van der Waals surface area contributed by atoms with E-state index in [2.05, 4.69) is 5.32 Å². The molecule has 1 spiro atoms. The van der Waals surface area contributed by atoms with Gasteiger partial charge in [0.2, 0.25) is 0 Å². The van der Waals surface area contributed by atoms with Crippen LogP contribution in [0.5, 0.6) is 5.75 Å². The van der Waals surface area contributed by atoms with Crippen molar-refractivity contribution in [3.05, 3.63) is 54.1 Å². The molecule has 0 aliphatic carbocycles. The lowest BCUT2D eigenvalue weighted by Gasteiger charge is -2.32. The molecule has 1 N–H and O–H groups in total. The molecular weight excluding hydrogens is 312 g/mol. The molecule has 2 amide bonds. The molecule has 0 saturated carbocycles. The van der Waals surface area contributed by atoms with E-state index in [-0.39, 0.29) is 11.1 Å². The van der Waals surface area contributed by atoms with Crippen LogP contribution in [-0.4, -0.2) is 24.0 Å². The van der Waals surface area contributed by atoms with Crippen LogP contribution in [0.1, 0.15) is 5.56 Å². The Bertz CT molecular complexity index is 806. The molecule has 23 heavy (non-hydrogen) atoms. The highest BCUT2D eigenvalue weighted by Gasteiger charge is 2.57. The number of ether oxygens (including phenoxy) is 1. The lowest BCUT2D eigenvalue weighted by Crippen LogP contribution is -2.50. The average Bonchev–Trinajstić information content (AvgIpc) is 3.07. The Kier molecular flexibility index (Phi) is 3.09. The third-order valence-corrected chi connectivity index (χ3v) is 5.29. The number of benzene rings is 2. The van der Waals surface area contributed by atoms with Crippen molar-refractivity contribution in [2.45, 2.75) is 5.54 Å². The van der Waals surface area contributed by atoms with Crippen LogP contribution in [0.15, 0.2) is 48.5 Å². The number of hydrogen-bond acceptors (Lipinski definition) is 4. The Morgan fingerprint density at radius 2 is 1.87 bits per heavy atom. The first-order valence-electron chi connectivity index (χ1n) is 7.19. The number of thioether (sulfide) groups is 1. The largest absolute Gasteiger partial charge is 0.497 e. The van der Waals surface area contributed by atoms with Gasteiger partial charge in [0.05, 0.1) is 7.11 Å². The van der Waals surface area contributed by atoms with Crippen LogP contribution in [0.25, 0.3) is 0 Å². The van der Waals surface area contributed by atoms with Gasteiger partial charge in [-0.3, -0.25) is 14.5 Å². The number of anilines is 2. The van der Waals surface area contributed by atoms with E-state index in [9.17, 15) is 9.59 Å². The first-order valence-corrected chi connectivity index (χ1v) is 8.17. The summed E-state index contributed by atoms with van der Waals surface area (Å²) in [4.78, 5) is 26.9. The maximum absolute atomic E-state index is 12.8. The number of nitrogens with zero attached hydrogens (tertiary/aromatic N) is 1. The number of methoxy groups -OCH3 is 1. The molecule has 1 atom stereocenters. The fourth-order valence-electron chi connectivity index (χ4n) is 3.17. The highest BCUT2D eigenvalue weighted by molar-refractivity contribution is 8.14. The van der Waals surface area contributed by atoms with Crippen LogP contribution in [0.4, 0.5) is 16.2 Å². The maximum atomic E-state index is 12.8. The monoisotopic (exact) mass is 326 g/mol.